The Bertz CT molecular complexity index is 1040. The summed E-state index contributed by atoms with van der Waals surface area (Å²) >= 11 is 2.57. The Balaban J connectivity index is 2.12. The number of thiophene rings is 1. The molecular weight excluding hydrogens is 373 g/mol. The summed E-state index contributed by atoms with van der Waals surface area (Å²) in [6.45, 7) is 6.14. The van der Waals surface area contributed by atoms with E-state index in [2.05, 4.69) is 4.98 Å². The van der Waals surface area contributed by atoms with Gasteiger partial charge in [-0.05, 0) is 44.0 Å². The van der Waals surface area contributed by atoms with Gasteiger partial charge in [0.25, 0.3) is 5.56 Å². The van der Waals surface area contributed by atoms with Gasteiger partial charge < -0.3 is 5.73 Å². The SMILES string of the molecule is CCn1c(SC(C(N)=O)c2ccc(F)cc2)nc2sc(C)c(C)c2c1=O. The Hall–Kier alpha value is -2.19. The zero-order chi connectivity index (χ0) is 19.0. The largest absolute Gasteiger partial charge is 0.368 e. The normalized spacial score (nSPS) is 12.5. The van der Waals surface area contributed by atoms with E-state index in [1.54, 1.807) is 4.57 Å². The standard InChI is InChI=1S/C18H18FN3O2S2/c1-4-22-17(24)13-9(2)10(3)25-16(13)21-18(22)26-14(15(20)23)11-5-7-12(19)8-6-11/h5-8,14H,4H2,1-3H3,(H2,20,23). The molecule has 136 valence electrons. The maximum atomic E-state index is 13.2. The highest BCUT2D eigenvalue weighted by molar-refractivity contribution is 8.00. The summed E-state index contributed by atoms with van der Waals surface area (Å²) in [6, 6.07) is 5.59. The Kier molecular flexibility index (Phi) is 5.15. The number of fused-ring (bicyclic) bond motifs is 1. The lowest BCUT2D eigenvalue weighted by Crippen LogP contribution is -2.25. The van der Waals surface area contributed by atoms with E-state index in [0.29, 0.717) is 27.5 Å². The fourth-order valence-corrected chi connectivity index (χ4v) is 4.89. The van der Waals surface area contributed by atoms with Crippen molar-refractivity contribution in [3.63, 3.8) is 0 Å². The number of primary amides is 1. The van der Waals surface area contributed by atoms with Crippen LogP contribution in [0.5, 0.6) is 0 Å². The number of nitrogens with two attached hydrogens (primary N) is 1. The first-order valence-corrected chi connectivity index (χ1v) is 9.75. The molecule has 0 fully saturated rings. The number of halogens is 1. The van der Waals surface area contributed by atoms with Gasteiger partial charge in [-0.25, -0.2) is 9.37 Å². The second-order valence-corrected chi connectivity index (χ2v) is 8.13. The molecule has 1 aromatic carbocycles. The molecule has 0 bridgehead atoms. The number of benzene rings is 1. The average molecular weight is 391 g/mol. The summed E-state index contributed by atoms with van der Waals surface area (Å²) in [5.74, 6) is -0.964. The molecule has 5 nitrogen and oxygen atoms in total. The molecule has 0 spiro atoms. The Labute approximate surface area is 158 Å². The van der Waals surface area contributed by atoms with Gasteiger partial charge in [0, 0.05) is 11.4 Å². The summed E-state index contributed by atoms with van der Waals surface area (Å²) in [6.07, 6.45) is 0. The molecule has 1 atom stereocenters. The van der Waals surface area contributed by atoms with Crippen molar-refractivity contribution < 1.29 is 9.18 Å². The molecule has 0 aliphatic rings. The molecule has 0 aliphatic carbocycles. The van der Waals surface area contributed by atoms with E-state index >= 15 is 0 Å². The highest BCUT2D eigenvalue weighted by atomic mass is 32.2. The van der Waals surface area contributed by atoms with Gasteiger partial charge in [0.05, 0.1) is 5.39 Å². The number of amides is 1. The minimum Gasteiger partial charge on any atom is -0.368 e. The highest BCUT2D eigenvalue weighted by Crippen LogP contribution is 2.36. The molecule has 1 unspecified atom stereocenters. The molecule has 0 saturated heterocycles. The molecule has 2 aromatic heterocycles. The molecule has 0 radical (unpaired) electrons. The quantitative estimate of drug-likeness (QED) is 0.533. The van der Waals surface area contributed by atoms with E-state index in [-0.39, 0.29) is 5.56 Å². The highest BCUT2D eigenvalue weighted by Gasteiger charge is 2.24. The summed E-state index contributed by atoms with van der Waals surface area (Å²) in [5.41, 5.74) is 6.94. The van der Waals surface area contributed by atoms with E-state index in [1.165, 1.54) is 35.6 Å². The van der Waals surface area contributed by atoms with Crippen LogP contribution in [0.2, 0.25) is 0 Å². The summed E-state index contributed by atoms with van der Waals surface area (Å²) in [7, 11) is 0. The first-order valence-electron chi connectivity index (χ1n) is 8.05. The van der Waals surface area contributed by atoms with Crippen LogP contribution >= 0.6 is 23.1 Å². The molecule has 1 amide bonds. The Morgan fingerprint density at radius 3 is 2.58 bits per heavy atom. The Morgan fingerprint density at radius 1 is 1.35 bits per heavy atom. The fourth-order valence-electron chi connectivity index (χ4n) is 2.71. The lowest BCUT2D eigenvalue weighted by molar-refractivity contribution is -0.117. The first-order chi connectivity index (χ1) is 12.3. The lowest BCUT2D eigenvalue weighted by atomic mass is 10.1. The second-order valence-electron chi connectivity index (χ2n) is 5.86. The number of aryl methyl sites for hydroxylation is 2. The van der Waals surface area contributed by atoms with Crippen molar-refractivity contribution in [2.45, 2.75) is 37.7 Å². The van der Waals surface area contributed by atoms with E-state index in [4.69, 9.17) is 5.73 Å². The third-order valence-electron chi connectivity index (χ3n) is 4.22. The zero-order valence-corrected chi connectivity index (χ0v) is 16.2. The molecule has 0 saturated carbocycles. The predicted molar refractivity (Wildman–Crippen MR) is 103 cm³/mol. The third-order valence-corrected chi connectivity index (χ3v) is 6.59. The molecule has 3 rings (SSSR count). The van der Waals surface area contributed by atoms with Crippen LogP contribution in [0, 0.1) is 19.7 Å². The van der Waals surface area contributed by atoms with E-state index < -0.39 is 17.0 Å². The van der Waals surface area contributed by atoms with Crippen LogP contribution in [0.3, 0.4) is 0 Å². The number of carbonyl (C=O) groups excluding carboxylic acids is 1. The van der Waals surface area contributed by atoms with Crippen LogP contribution in [0.4, 0.5) is 4.39 Å². The van der Waals surface area contributed by atoms with Gasteiger partial charge in [-0.3, -0.25) is 14.2 Å². The first kappa shape index (κ1) is 18.6. The summed E-state index contributed by atoms with van der Waals surface area (Å²) in [5, 5.41) is 0.287. The minimum absolute atomic E-state index is 0.121. The molecule has 8 heteroatoms. The number of aromatic nitrogens is 2. The van der Waals surface area contributed by atoms with Crippen LogP contribution in [0.15, 0.2) is 34.2 Å². The van der Waals surface area contributed by atoms with Crippen LogP contribution in [0.1, 0.15) is 28.2 Å². The molecular formula is C18H18FN3O2S2. The van der Waals surface area contributed by atoms with Gasteiger partial charge in [0.2, 0.25) is 5.91 Å². The fraction of sp³-hybridized carbons (Fsp3) is 0.278. The summed E-state index contributed by atoms with van der Waals surface area (Å²) in [4.78, 5) is 31.2. The van der Waals surface area contributed by atoms with Crippen molar-refractivity contribution in [3.05, 3.63) is 56.4 Å². The monoisotopic (exact) mass is 391 g/mol. The van der Waals surface area contributed by atoms with Gasteiger partial charge in [-0.1, -0.05) is 23.9 Å². The van der Waals surface area contributed by atoms with Crippen LogP contribution in [-0.2, 0) is 11.3 Å². The molecule has 3 aromatic rings. The average Bonchev–Trinajstić information content (AvgIpc) is 2.88. The van der Waals surface area contributed by atoms with Gasteiger partial charge in [-0.2, -0.15) is 0 Å². The number of hydrogen-bond donors (Lipinski definition) is 1. The van der Waals surface area contributed by atoms with Crippen molar-refractivity contribution in [3.8, 4) is 0 Å². The summed E-state index contributed by atoms with van der Waals surface area (Å²) < 4.78 is 14.7. The molecule has 2 N–H and O–H groups in total. The number of carbonyl (C=O) groups is 1. The van der Waals surface area contributed by atoms with E-state index in [0.717, 1.165) is 22.2 Å². The van der Waals surface area contributed by atoms with Crippen molar-refractivity contribution in [2.24, 2.45) is 5.73 Å². The molecule has 26 heavy (non-hydrogen) atoms. The Morgan fingerprint density at radius 2 is 2.00 bits per heavy atom. The second kappa shape index (κ2) is 7.20. The van der Waals surface area contributed by atoms with Crippen LogP contribution in [-0.4, -0.2) is 15.5 Å². The van der Waals surface area contributed by atoms with Gasteiger partial charge in [0.1, 0.15) is 15.9 Å². The predicted octanol–water partition coefficient (Wildman–Crippen LogP) is 3.55. The molecule has 2 heterocycles. The number of rotatable bonds is 5. The van der Waals surface area contributed by atoms with Crippen molar-refractivity contribution in [1.82, 2.24) is 9.55 Å². The van der Waals surface area contributed by atoms with Crippen molar-refractivity contribution in [2.75, 3.05) is 0 Å². The van der Waals surface area contributed by atoms with Crippen LogP contribution < -0.4 is 11.3 Å². The number of nitrogens with zero attached hydrogens (tertiary/aromatic N) is 2. The van der Waals surface area contributed by atoms with Crippen molar-refractivity contribution in [1.29, 1.82) is 0 Å². The zero-order valence-electron chi connectivity index (χ0n) is 14.6. The van der Waals surface area contributed by atoms with Gasteiger partial charge >= 0.3 is 0 Å². The van der Waals surface area contributed by atoms with Gasteiger partial charge in [0.15, 0.2) is 5.16 Å². The smallest absolute Gasteiger partial charge is 0.263 e. The maximum absolute atomic E-state index is 13.2. The molecule has 0 aliphatic heterocycles. The third kappa shape index (κ3) is 3.26. The van der Waals surface area contributed by atoms with Gasteiger partial charge in [-0.15, -0.1) is 11.3 Å². The topological polar surface area (TPSA) is 78.0 Å². The minimum atomic E-state index is -0.764. The number of hydrogen-bond acceptors (Lipinski definition) is 5. The lowest BCUT2D eigenvalue weighted by Gasteiger charge is -2.16. The van der Waals surface area contributed by atoms with E-state index in [1.807, 2.05) is 20.8 Å². The van der Waals surface area contributed by atoms with Crippen LogP contribution in [0.25, 0.3) is 10.2 Å². The van der Waals surface area contributed by atoms with Crippen molar-refractivity contribution >= 4 is 39.2 Å². The maximum Gasteiger partial charge on any atom is 0.263 e. The number of thioether (sulfide) groups is 1. The van der Waals surface area contributed by atoms with E-state index in [9.17, 15) is 14.0 Å².